The third-order valence-electron chi connectivity index (χ3n) is 3.36. The van der Waals surface area contributed by atoms with Crippen molar-refractivity contribution in [1.82, 2.24) is 9.55 Å². The van der Waals surface area contributed by atoms with E-state index < -0.39 is 6.10 Å². The zero-order chi connectivity index (χ0) is 14.7. The second-order valence-electron chi connectivity index (χ2n) is 5.16. The van der Waals surface area contributed by atoms with E-state index in [9.17, 15) is 5.11 Å². The van der Waals surface area contributed by atoms with E-state index in [0.717, 1.165) is 22.8 Å². The monoisotopic (exact) mass is 274 g/mol. The molecule has 0 fully saturated rings. The van der Waals surface area contributed by atoms with Crippen LogP contribution in [0.1, 0.15) is 49.9 Å². The Morgan fingerprint density at radius 2 is 1.90 bits per heavy atom. The number of hydrogen-bond acceptors (Lipinski definition) is 3. The average Bonchev–Trinajstić information content (AvgIpc) is 2.81. The maximum atomic E-state index is 10.5. The Kier molecular flexibility index (Phi) is 4.45. The van der Waals surface area contributed by atoms with E-state index in [2.05, 4.69) is 18.8 Å². The predicted octanol–water partition coefficient (Wildman–Crippen LogP) is 3.02. The molecule has 1 aromatic heterocycles. The number of nitrogens with zero attached hydrogens (tertiary/aromatic N) is 2. The summed E-state index contributed by atoms with van der Waals surface area (Å²) in [6, 6.07) is 7.53. The van der Waals surface area contributed by atoms with Gasteiger partial charge in [0, 0.05) is 13.0 Å². The van der Waals surface area contributed by atoms with Crippen LogP contribution in [0.25, 0.3) is 0 Å². The van der Waals surface area contributed by atoms with Gasteiger partial charge in [-0.1, -0.05) is 26.0 Å². The van der Waals surface area contributed by atoms with E-state index in [1.54, 1.807) is 6.20 Å². The Morgan fingerprint density at radius 1 is 1.25 bits per heavy atom. The fourth-order valence-corrected chi connectivity index (χ4v) is 2.31. The first-order valence-electron chi connectivity index (χ1n) is 6.97. The molecule has 2 aromatic rings. The highest BCUT2D eigenvalue weighted by Crippen LogP contribution is 2.25. The van der Waals surface area contributed by atoms with Crippen LogP contribution in [-0.4, -0.2) is 21.3 Å². The molecular formula is C16H22N2O2. The lowest BCUT2D eigenvalue weighted by atomic mass is 10.1. The van der Waals surface area contributed by atoms with E-state index in [4.69, 9.17) is 4.74 Å². The quantitative estimate of drug-likeness (QED) is 0.911. The summed E-state index contributed by atoms with van der Waals surface area (Å²) in [5.74, 6) is 2.13. The van der Waals surface area contributed by atoms with Gasteiger partial charge in [0.1, 0.15) is 17.7 Å². The van der Waals surface area contributed by atoms with Gasteiger partial charge in [-0.2, -0.15) is 0 Å². The van der Waals surface area contributed by atoms with Crippen molar-refractivity contribution in [2.75, 3.05) is 6.61 Å². The Morgan fingerprint density at radius 3 is 2.40 bits per heavy atom. The molecule has 0 bridgehead atoms. The van der Waals surface area contributed by atoms with Gasteiger partial charge in [0.05, 0.1) is 18.5 Å². The number of rotatable bonds is 5. The lowest BCUT2D eigenvalue weighted by molar-refractivity contribution is 0.211. The number of benzene rings is 1. The zero-order valence-corrected chi connectivity index (χ0v) is 12.5. The van der Waals surface area contributed by atoms with Crippen molar-refractivity contribution < 1.29 is 9.84 Å². The van der Waals surface area contributed by atoms with Crippen LogP contribution in [0.15, 0.2) is 30.5 Å². The van der Waals surface area contributed by atoms with Crippen LogP contribution in [-0.2, 0) is 7.05 Å². The van der Waals surface area contributed by atoms with Gasteiger partial charge in [0.15, 0.2) is 0 Å². The van der Waals surface area contributed by atoms with E-state index in [-0.39, 0.29) is 0 Å². The molecule has 0 aliphatic carbocycles. The maximum absolute atomic E-state index is 10.5. The smallest absolute Gasteiger partial charge is 0.121 e. The fourth-order valence-electron chi connectivity index (χ4n) is 2.31. The predicted molar refractivity (Wildman–Crippen MR) is 79.0 cm³/mol. The molecule has 0 aliphatic rings. The van der Waals surface area contributed by atoms with Crippen LogP contribution in [0.2, 0.25) is 0 Å². The minimum absolute atomic E-state index is 0.335. The van der Waals surface area contributed by atoms with Crippen molar-refractivity contribution >= 4 is 0 Å². The van der Waals surface area contributed by atoms with Gasteiger partial charge >= 0.3 is 0 Å². The van der Waals surface area contributed by atoms with Crippen molar-refractivity contribution in [2.24, 2.45) is 7.05 Å². The van der Waals surface area contributed by atoms with E-state index in [0.29, 0.717) is 12.5 Å². The number of ether oxygens (including phenoxy) is 1. The molecule has 4 nitrogen and oxygen atoms in total. The van der Waals surface area contributed by atoms with Gasteiger partial charge in [-0.25, -0.2) is 4.98 Å². The van der Waals surface area contributed by atoms with Crippen LogP contribution >= 0.6 is 0 Å². The molecule has 0 amide bonds. The first-order chi connectivity index (χ1) is 9.54. The molecule has 108 valence electrons. The molecule has 20 heavy (non-hydrogen) atoms. The molecule has 1 N–H and O–H groups in total. The molecule has 0 spiro atoms. The summed E-state index contributed by atoms with van der Waals surface area (Å²) < 4.78 is 7.37. The summed E-state index contributed by atoms with van der Waals surface area (Å²) in [6.07, 6.45) is 1.08. The van der Waals surface area contributed by atoms with Crippen LogP contribution < -0.4 is 4.74 Å². The number of imidazole rings is 1. The second kappa shape index (κ2) is 6.09. The highest BCUT2D eigenvalue weighted by molar-refractivity contribution is 5.32. The molecule has 2 rings (SSSR count). The molecule has 0 aliphatic heterocycles. The normalized spacial score (nSPS) is 12.7. The Hall–Kier alpha value is -1.81. The molecule has 1 aromatic carbocycles. The average molecular weight is 274 g/mol. The minimum atomic E-state index is -0.671. The number of aromatic nitrogens is 2. The topological polar surface area (TPSA) is 47.3 Å². The van der Waals surface area contributed by atoms with Gasteiger partial charge < -0.3 is 14.4 Å². The third-order valence-corrected chi connectivity index (χ3v) is 3.36. The fraction of sp³-hybridized carbons (Fsp3) is 0.438. The summed E-state index contributed by atoms with van der Waals surface area (Å²) in [7, 11) is 1.94. The summed E-state index contributed by atoms with van der Waals surface area (Å²) in [6.45, 7) is 6.78. The SMILES string of the molecule is CCOc1ccc([C@H](O)c2cnc(C(C)C)n2C)cc1. The summed E-state index contributed by atoms with van der Waals surface area (Å²) in [4.78, 5) is 4.39. The van der Waals surface area contributed by atoms with Gasteiger partial charge in [0.25, 0.3) is 0 Å². The van der Waals surface area contributed by atoms with Crippen LogP contribution in [0.4, 0.5) is 0 Å². The number of hydrogen-bond donors (Lipinski definition) is 1. The molecule has 1 atom stereocenters. The van der Waals surface area contributed by atoms with E-state index in [1.807, 2.05) is 42.8 Å². The molecular weight excluding hydrogens is 252 g/mol. The molecule has 0 unspecified atom stereocenters. The van der Waals surface area contributed by atoms with Crippen LogP contribution in [0, 0.1) is 0 Å². The number of aliphatic hydroxyl groups excluding tert-OH is 1. The van der Waals surface area contributed by atoms with Crippen molar-refractivity contribution in [3.05, 3.63) is 47.5 Å². The molecule has 1 heterocycles. The molecule has 0 radical (unpaired) electrons. The Balaban J connectivity index is 2.24. The minimum Gasteiger partial charge on any atom is -0.494 e. The largest absolute Gasteiger partial charge is 0.494 e. The lowest BCUT2D eigenvalue weighted by Crippen LogP contribution is -2.08. The number of aliphatic hydroxyl groups is 1. The molecule has 0 saturated carbocycles. The summed E-state index contributed by atoms with van der Waals surface area (Å²) in [5.41, 5.74) is 1.64. The van der Waals surface area contributed by atoms with Gasteiger partial charge in [-0.15, -0.1) is 0 Å². The molecule has 4 heteroatoms. The third kappa shape index (κ3) is 2.85. The van der Waals surface area contributed by atoms with Gasteiger partial charge in [-0.3, -0.25) is 0 Å². The standard InChI is InChI=1S/C16H22N2O2/c1-5-20-13-8-6-12(7-9-13)15(19)14-10-17-16(11(2)3)18(14)4/h6-11,15,19H,5H2,1-4H3/t15-/m0/s1. The van der Waals surface area contributed by atoms with Crippen molar-refractivity contribution in [2.45, 2.75) is 32.8 Å². The maximum Gasteiger partial charge on any atom is 0.121 e. The Bertz CT molecular complexity index is 558. The second-order valence-corrected chi connectivity index (χ2v) is 5.16. The van der Waals surface area contributed by atoms with Gasteiger partial charge in [-0.05, 0) is 24.6 Å². The first kappa shape index (κ1) is 14.6. The zero-order valence-electron chi connectivity index (χ0n) is 12.5. The van der Waals surface area contributed by atoms with Gasteiger partial charge in [0.2, 0.25) is 0 Å². The first-order valence-corrected chi connectivity index (χ1v) is 6.97. The van der Waals surface area contributed by atoms with E-state index in [1.165, 1.54) is 0 Å². The highest BCUT2D eigenvalue weighted by Gasteiger charge is 2.18. The highest BCUT2D eigenvalue weighted by atomic mass is 16.5. The van der Waals surface area contributed by atoms with Crippen LogP contribution in [0.5, 0.6) is 5.75 Å². The summed E-state index contributed by atoms with van der Waals surface area (Å²) in [5, 5.41) is 10.5. The van der Waals surface area contributed by atoms with Crippen molar-refractivity contribution in [3.8, 4) is 5.75 Å². The van der Waals surface area contributed by atoms with Crippen molar-refractivity contribution in [1.29, 1.82) is 0 Å². The van der Waals surface area contributed by atoms with Crippen molar-refractivity contribution in [3.63, 3.8) is 0 Å². The summed E-state index contributed by atoms with van der Waals surface area (Å²) >= 11 is 0. The van der Waals surface area contributed by atoms with E-state index >= 15 is 0 Å². The lowest BCUT2D eigenvalue weighted by Gasteiger charge is -2.14. The van der Waals surface area contributed by atoms with Crippen LogP contribution in [0.3, 0.4) is 0 Å². The molecule has 0 saturated heterocycles. The Labute approximate surface area is 120 Å².